The molecule has 1 aromatic rings. The summed E-state index contributed by atoms with van der Waals surface area (Å²) in [7, 11) is -2.74. The lowest BCUT2D eigenvalue weighted by Crippen LogP contribution is -2.60. The van der Waals surface area contributed by atoms with Crippen LogP contribution in [0.2, 0.25) is 0 Å². The molecule has 0 saturated carbocycles. The summed E-state index contributed by atoms with van der Waals surface area (Å²) in [5.74, 6) is -0.444. The van der Waals surface area contributed by atoms with E-state index in [9.17, 15) is 19.6 Å². The molecule has 3 unspecified atom stereocenters. The van der Waals surface area contributed by atoms with Gasteiger partial charge in [-0.3, -0.25) is 19.3 Å². The maximum Gasteiger partial charge on any atom is 0.459 e. The van der Waals surface area contributed by atoms with Crippen LogP contribution in [0.5, 0.6) is 5.75 Å². The second-order valence-electron chi connectivity index (χ2n) is 10.3. The van der Waals surface area contributed by atoms with Gasteiger partial charge < -0.3 is 29.9 Å². The van der Waals surface area contributed by atoms with Gasteiger partial charge in [0.25, 0.3) is 0 Å². The maximum absolute atomic E-state index is 13.9. The fourth-order valence-corrected chi connectivity index (χ4v) is 6.58. The van der Waals surface area contributed by atoms with Gasteiger partial charge in [0.05, 0.1) is 24.4 Å². The number of hydrogen-bond donors (Lipinski definition) is 4. The molecule has 3 aliphatic heterocycles. The monoisotopic (exact) mass is 592 g/mol. The highest BCUT2D eigenvalue weighted by Crippen LogP contribution is 2.48. The number of nitrogens with one attached hydrogen (secondary N) is 1. The van der Waals surface area contributed by atoms with Gasteiger partial charge in [0.1, 0.15) is 36.4 Å². The molecule has 0 amide bonds. The number of carbonyl (C=O) groups is 1. The zero-order chi connectivity index (χ0) is 29.9. The van der Waals surface area contributed by atoms with Crippen molar-refractivity contribution in [2.45, 2.75) is 69.8 Å². The van der Waals surface area contributed by atoms with Gasteiger partial charge in [0.2, 0.25) is 0 Å². The Morgan fingerprint density at radius 2 is 2.02 bits per heavy atom. The topological polar surface area (TPSA) is 190 Å². The van der Waals surface area contributed by atoms with Crippen LogP contribution in [0.3, 0.4) is 0 Å². The van der Waals surface area contributed by atoms with Gasteiger partial charge in [-0.25, -0.2) is 9.56 Å². The first-order valence-electron chi connectivity index (χ1n) is 13.2. The summed E-state index contributed by atoms with van der Waals surface area (Å²) in [6.45, 7) is 6.26. The van der Waals surface area contributed by atoms with Crippen LogP contribution < -0.4 is 15.3 Å². The van der Waals surface area contributed by atoms with Crippen LogP contribution in [-0.2, 0) is 23.4 Å². The minimum Gasteiger partial charge on any atom is -0.462 e. The number of hydrogen-bond acceptors (Lipinski definition) is 13. The van der Waals surface area contributed by atoms with Crippen LogP contribution in [0.25, 0.3) is 0 Å². The molecule has 0 aromatic heterocycles. The van der Waals surface area contributed by atoms with Gasteiger partial charge in [-0.05, 0) is 32.9 Å². The largest absolute Gasteiger partial charge is 0.462 e. The first-order chi connectivity index (χ1) is 19.4. The Hall–Kier alpha value is -3.13. The summed E-state index contributed by atoms with van der Waals surface area (Å²) >= 11 is 0. The van der Waals surface area contributed by atoms with Crippen molar-refractivity contribution in [1.82, 2.24) is 10.1 Å². The van der Waals surface area contributed by atoms with Crippen molar-refractivity contribution < 1.29 is 38.1 Å². The average Bonchev–Trinajstić information content (AvgIpc) is 3.38. The molecule has 0 radical (unpaired) electrons. The second-order valence-corrected chi connectivity index (χ2v) is 12.0. The van der Waals surface area contributed by atoms with Crippen molar-refractivity contribution in [2.24, 2.45) is 26.7 Å². The highest BCUT2D eigenvalue weighted by Gasteiger charge is 2.62. The third-order valence-corrected chi connectivity index (χ3v) is 8.46. The molecular weight excluding hydrogens is 555 g/mol. The fourth-order valence-electron chi connectivity index (χ4n) is 5.08. The Bertz CT molecular complexity index is 1270. The van der Waals surface area contributed by atoms with E-state index in [2.05, 4.69) is 20.2 Å². The quantitative estimate of drug-likeness (QED) is 0.164. The molecule has 224 valence electrons. The molecule has 1 saturated heterocycles. The number of nitrogens with zero attached hydrogens (tertiary/aromatic N) is 4. The Morgan fingerprint density at radius 1 is 1.32 bits per heavy atom. The Morgan fingerprint density at radius 3 is 2.68 bits per heavy atom. The van der Waals surface area contributed by atoms with Gasteiger partial charge in [-0.1, -0.05) is 31.2 Å². The smallest absolute Gasteiger partial charge is 0.459 e. The SMILES string of the molecule is C/N=C/[C@@]1(C2C(C)C=C3C(N)=NC=NN32)O[C@H](COP(=O)(N[C@@H](C)C(=O)OC(C)C)Oc2ccccc2)[C@@H](O)[C@H]1O. The molecule has 41 heavy (non-hydrogen) atoms. The molecule has 8 atom stereocenters. The molecular formula is C26H37N6O8P. The lowest BCUT2D eigenvalue weighted by atomic mass is 9.82. The standard InChI is InChI=1S/C26H37N6O8P/c1-15(2)38-25(35)17(4)31-41(36,40-18-9-7-6-8-10-18)37-12-20-21(33)23(34)26(39-20,13-28-5)22-16(3)11-19-24(27)29-14-30-32(19)22/h6-11,13-17,20-23,33-34H,12H2,1-5H3,(H,31,36)(H2,27,29,30)/b28-13+/t16?,17-,20+,21+,22?,23+,26-,41?/m0/s1. The summed E-state index contributed by atoms with van der Waals surface area (Å²) in [4.78, 5) is 20.6. The number of esters is 1. The minimum absolute atomic E-state index is 0.216. The van der Waals surface area contributed by atoms with E-state index in [4.69, 9.17) is 24.3 Å². The van der Waals surface area contributed by atoms with E-state index >= 15 is 0 Å². The van der Waals surface area contributed by atoms with Crippen molar-refractivity contribution in [2.75, 3.05) is 13.7 Å². The number of rotatable bonds is 11. The maximum atomic E-state index is 13.9. The summed E-state index contributed by atoms with van der Waals surface area (Å²) in [5.41, 5.74) is 5.05. The molecule has 4 rings (SSSR count). The number of carbonyl (C=O) groups excluding carboxylic acids is 1. The fraction of sp³-hybridized carbons (Fsp3) is 0.538. The van der Waals surface area contributed by atoms with Crippen molar-refractivity contribution in [1.29, 1.82) is 0 Å². The van der Waals surface area contributed by atoms with E-state index in [0.717, 1.165) is 0 Å². The number of benzene rings is 1. The van der Waals surface area contributed by atoms with Crippen LogP contribution in [0, 0.1) is 5.92 Å². The predicted molar refractivity (Wildman–Crippen MR) is 151 cm³/mol. The Labute approximate surface area is 238 Å². The van der Waals surface area contributed by atoms with Crippen molar-refractivity contribution in [3.05, 3.63) is 42.1 Å². The predicted octanol–water partition coefficient (Wildman–Crippen LogP) is 1.20. The van der Waals surface area contributed by atoms with Crippen LogP contribution in [0.15, 0.2) is 57.2 Å². The average molecular weight is 593 g/mol. The van der Waals surface area contributed by atoms with Gasteiger partial charge in [-0.15, -0.1) is 0 Å². The van der Waals surface area contributed by atoms with E-state index in [0.29, 0.717) is 5.70 Å². The number of ether oxygens (including phenoxy) is 2. The van der Waals surface area contributed by atoms with Crippen LogP contribution in [-0.4, -0.2) is 95.3 Å². The first kappa shape index (κ1) is 30.8. The molecule has 14 nitrogen and oxygen atoms in total. The van der Waals surface area contributed by atoms with Crippen LogP contribution in [0.1, 0.15) is 27.7 Å². The molecule has 1 aromatic carbocycles. The summed E-state index contributed by atoms with van der Waals surface area (Å²) in [6.07, 6.45) is 0.0419. The lowest BCUT2D eigenvalue weighted by Gasteiger charge is -2.41. The Balaban J connectivity index is 1.56. The number of amidine groups is 1. The van der Waals surface area contributed by atoms with Gasteiger partial charge in [-0.2, -0.15) is 10.2 Å². The van der Waals surface area contributed by atoms with E-state index < -0.39 is 62.4 Å². The second kappa shape index (κ2) is 12.4. The highest BCUT2D eigenvalue weighted by molar-refractivity contribution is 7.52. The number of aliphatic hydroxyl groups excluding tert-OH is 2. The summed E-state index contributed by atoms with van der Waals surface area (Å²) in [5, 5.41) is 31.0. The number of aliphatic hydroxyl groups is 2. The lowest BCUT2D eigenvalue weighted by molar-refractivity contribution is -0.149. The number of nitrogens with two attached hydrogens (primary N) is 1. The zero-order valence-corrected chi connectivity index (χ0v) is 24.4. The van der Waals surface area contributed by atoms with Crippen molar-refractivity contribution in [3.63, 3.8) is 0 Å². The minimum atomic E-state index is -4.25. The number of fused-ring (bicyclic) bond motifs is 1. The number of aliphatic imine (C=N–C) groups is 2. The Kier molecular flexibility index (Phi) is 9.32. The van der Waals surface area contributed by atoms with Crippen LogP contribution in [0.4, 0.5) is 0 Å². The third-order valence-electron chi connectivity index (χ3n) is 6.81. The molecule has 3 aliphatic rings. The summed E-state index contributed by atoms with van der Waals surface area (Å²) < 4.78 is 36.8. The molecule has 15 heteroatoms. The van der Waals surface area contributed by atoms with Crippen molar-refractivity contribution >= 4 is 32.1 Å². The molecule has 0 spiro atoms. The van der Waals surface area contributed by atoms with E-state index in [1.165, 1.54) is 26.5 Å². The molecule has 3 heterocycles. The molecule has 0 bridgehead atoms. The third kappa shape index (κ3) is 6.37. The van der Waals surface area contributed by atoms with Gasteiger partial charge >= 0.3 is 13.7 Å². The van der Waals surface area contributed by atoms with Crippen LogP contribution >= 0.6 is 7.75 Å². The van der Waals surface area contributed by atoms with Gasteiger partial charge in [0.15, 0.2) is 11.4 Å². The normalized spacial score (nSPS) is 31.5. The van der Waals surface area contributed by atoms with Crippen molar-refractivity contribution in [3.8, 4) is 5.75 Å². The highest BCUT2D eigenvalue weighted by atomic mass is 31.2. The molecule has 1 fully saturated rings. The van der Waals surface area contributed by atoms with Gasteiger partial charge in [0, 0.05) is 19.2 Å². The number of para-hydroxylation sites is 1. The summed E-state index contributed by atoms with van der Waals surface area (Å²) in [6, 6.07) is 6.54. The van der Waals surface area contributed by atoms with E-state index in [1.54, 1.807) is 49.2 Å². The van der Waals surface area contributed by atoms with E-state index in [1.807, 2.05) is 13.0 Å². The number of hydrazone groups is 1. The first-order valence-corrected chi connectivity index (χ1v) is 14.8. The molecule has 0 aliphatic carbocycles. The zero-order valence-electron chi connectivity index (χ0n) is 23.5. The molecule has 5 N–H and O–H groups in total. The van der Waals surface area contributed by atoms with E-state index in [-0.39, 0.29) is 17.5 Å².